The Kier molecular flexibility index (Phi) is 5.01. The standard InChI is InChI=1S/C15H21N3O2/c1-12-17-6-7-18(12)8-9-20-15-10-13(11-16-2)4-5-14(15)19-3/h4-7,10,16H,8-9,11H2,1-3H3. The molecule has 1 heterocycles. The van der Waals surface area contributed by atoms with E-state index in [0.29, 0.717) is 6.61 Å². The fourth-order valence-corrected chi connectivity index (χ4v) is 2.04. The van der Waals surface area contributed by atoms with Gasteiger partial charge in [0.1, 0.15) is 12.4 Å². The summed E-state index contributed by atoms with van der Waals surface area (Å²) in [6.45, 7) is 4.14. The molecule has 108 valence electrons. The molecule has 0 aliphatic carbocycles. The first kappa shape index (κ1) is 14.4. The van der Waals surface area contributed by atoms with Crippen LogP contribution in [0.2, 0.25) is 0 Å². The minimum absolute atomic E-state index is 0.580. The lowest BCUT2D eigenvalue weighted by atomic mass is 10.2. The Morgan fingerprint density at radius 3 is 2.80 bits per heavy atom. The third-order valence-corrected chi connectivity index (χ3v) is 3.12. The molecule has 2 aromatic rings. The van der Waals surface area contributed by atoms with Gasteiger partial charge in [-0.05, 0) is 31.7 Å². The number of nitrogens with one attached hydrogen (secondary N) is 1. The summed E-state index contributed by atoms with van der Waals surface area (Å²) < 4.78 is 13.2. The number of nitrogens with zero attached hydrogens (tertiary/aromatic N) is 2. The van der Waals surface area contributed by atoms with Crippen molar-refractivity contribution in [1.82, 2.24) is 14.9 Å². The van der Waals surface area contributed by atoms with Gasteiger partial charge in [0.2, 0.25) is 0 Å². The van der Waals surface area contributed by atoms with Crippen LogP contribution < -0.4 is 14.8 Å². The molecule has 0 bridgehead atoms. The van der Waals surface area contributed by atoms with Crippen molar-refractivity contribution in [2.24, 2.45) is 0 Å². The van der Waals surface area contributed by atoms with Gasteiger partial charge in [0.15, 0.2) is 11.5 Å². The van der Waals surface area contributed by atoms with E-state index in [-0.39, 0.29) is 0 Å². The van der Waals surface area contributed by atoms with Crippen LogP contribution in [0.3, 0.4) is 0 Å². The second kappa shape index (κ2) is 6.96. The molecule has 0 amide bonds. The van der Waals surface area contributed by atoms with Crippen molar-refractivity contribution >= 4 is 0 Å². The van der Waals surface area contributed by atoms with E-state index in [9.17, 15) is 0 Å². The highest BCUT2D eigenvalue weighted by molar-refractivity contribution is 5.42. The lowest BCUT2D eigenvalue weighted by Crippen LogP contribution is -2.10. The third-order valence-electron chi connectivity index (χ3n) is 3.12. The van der Waals surface area contributed by atoms with E-state index >= 15 is 0 Å². The highest BCUT2D eigenvalue weighted by Crippen LogP contribution is 2.28. The monoisotopic (exact) mass is 275 g/mol. The molecule has 5 heteroatoms. The van der Waals surface area contributed by atoms with E-state index in [2.05, 4.69) is 14.9 Å². The minimum atomic E-state index is 0.580. The molecule has 0 fully saturated rings. The van der Waals surface area contributed by atoms with Gasteiger partial charge in [0.25, 0.3) is 0 Å². The molecular formula is C15H21N3O2. The molecule has 1 aromatic carbocycles. The van der Waals surface area contributed by atoms with Gasteiger partial charge in [-0.25, -0.2) is 4.98 Å². The number of ether oxygens (including phenoxy) is 2. The summed E-state index contributed by atoms with van der Waals surface area (Å²) in [7, 11) is 3.58. The number of benzene rings is 1. The average Bonchev–Trinajstić information content (AvgIpc) is 2.85. The molecule has 1 aromatic heterocycles. The summed E-state index contributed by atoms with van der Waals surface area (Å²) >= 11 is 0. The summed E-state index contributed by atoms with van der Waals surface area (Å²) in [5, 5.41) is 3.13. The van der Waals surface area contributed by atoms with Crippen molar-refractivity contribution in [1.29, 1.82) is 0 Å². The number of rotatable bonds is 7. The Balaban J connectivity index is 2.00. The summed E-state index contributed by atoms with van der Waals surface area (Å²) in [5.74, 6) is 2.52. The van der Waals surface area contributed by atoms with Crippen LogP contribution >= 0.6 is 0 Å². The lowest BCUT2D eigenvalue weighted by molar-refractivity contribution is 0.278. The first-order valence-corrected chi connectivity index (χ1v) is 6.66. The zero-order chi connectivity index (χ0) is 14.4. The maximum Gasteiger partial charge on any atom is 0.161 e. The van der Waals surface area contributed by atoms with E-state index in [4.69, 9.17) is 9.47 Å². The molecular weight excluding hydrogens is 254 g/mol. The zero-order valence-electron chi connectivity index (χ0n) is 12.2. The number of methoxy groups -OCH3 is 1. The van der Waals surface area contributed by atoms with E-state index < -0.39 is 0 Å². The molecule has 0 aliphatic rings. The summed E-state index contributed by atoms with van der Waals surface area (Å²) in [4.78, 5) is 4.19. The van der Waals surface area contributed by atoms with Gasteiger partial charge < -0.3 is 19.4 Å². The maximum absolute atomic E-state index is 5.84. The molecule has 0 saturated heterocycles. The third kappa shape index (κ3) is 3.51. The van der Waals surface area contributed by atoms with Gasteiger partial charge in [0.05, 0.1) is 13.7 Å². The van der Waals surface area contributed by atoms with Gasteiger partial charge in [-0.1, -0.05) is 6.07 Å². The predicted octanol–water partition coefficient (Wildman–Crippen LogP) is 2.00. The van der Waals surface area contributed by atoms with E-state index in [1.165, 1.54) is 5.56 Å². The van der Waals surface area contributed by atoms with Crippen LogP contribution in [-0.2, 0) is 13.1 Å². The number of aryl methyl sites for hydroxylation is 1. The van der Waals surface area contributed by atoms with Crippen molar-refractivity contribution in [2.75, 3.05) is 20.8 Å². The Bertz CT molecular complexity index is 552. The van der Waals surface area contributed by atoms with Crippen LogP contribution in [0.5, 0.6) is 11.5 Å². The second-order valence-corrected chi connectivity index (χ2v) is 4.53. The molecule has 0 saturated carbocycles. The molecule has 5 nitrogen and oxygen atoms in total. The van der Waals surface area contributed by atoms with Crippen molar-refractivity contribution in [2.45, 2.75) is 20.0 Å². The Labute approximate surface area is 119 Å². The Morgan fingerprint density at radius 1 is 1.30 bits per heavy atom. The number of hydrogen-bond donors (Lipinski definition) is 1. The average molecular weight is 275 g/mol. The second-order valence-electron chi connectivity index (χ2n) is 4.53. The van der Waals surface area contributed by atoms with Crippen LogP contribution in [-0.4, -0.2) is 30.3 Å². The van der Waals surface area contributed by atoms with Crippen LogP contribution in [0.1, 0.15) is 11.4 Å². The van der Waals surface area contributed by atoms with Crippen LogP contribution in [0.15, 0.2) is 30.6 Å². The molecule has 0 atom stereocenters. The maximum atomic E-state index is 5.84. The lowest BCUT2D eigenvalue weighted by Gasteiger charge is -2.13. The van der Waals surface area contributed by atoms with Crippen LogP contribution in [0.25, 0.3) is 0 Å². The van der Waals surface area contributed by atoms with Gasteiger partial charge in [-0.15, -0.1) is 0 Å². The molecule has 20 heavy (non-hydrogen) atoms. The molecule has 0 spiro atoms. The highest BCUT2D eigenvalue weighted by atomic mass is 16.5. The Hall–Kier alpha value is -2.01. The van der Waals surface area contributed by atoms with Gasteiger partial charge in [0, 0.05) is 18.9 Å². The predicted molar refractivity (Wildman–Crippen MR) is 78.2 cm³/mol. The van der Waals surface area contributed by atoms with Crippen molar-refractivity contribution < 1.29 is 9.47 Å². The SMILES string of the molecule is CNCc1ccc(OC)c(OCCn2ccnc2C)c1. The van der Waals surface area contributed by atoms with E-state index in [1.54, 1.807) is 13.3 Å². The topological polar surface area (TPSA) is 48.3 Å². The highest BCUT2D eigenvalue weighted by Gasteiger charge is 2.06. The van der Waals surface area contributed by atoms with Gasteiger partial charge in [-0.2, -0.15) is 0 Å². The van der Waals surface area contributed by atoms with Crippen LogP contribution in [0, 0.1) is 6.92 Å². The largest absolute Gasteiger partial charge is 0.493 e. The van der Waals surface area contributed by atoms with E-state index in [1.807, 2.05) is 38.4 Å². The van der Waals surface area contributed by atoms with Gasteiger partial charge >= 0.3 is 0 Å². The summed E-state index contributed by atoms with van der Waals surface area (Å²) in [6.07, 6.45) is 3.75. The van der Waals surface area contributed by atoms with Crippen molar-refractivity contribution in [3.63, 3.8) is 0 Å². The quantitative estimate of drug-likeness (QED) is 0.839. The molecule has 0 radical (unpaired) electrons. The molecule has 0 unspecified atom stereocenters. The summed E-state index contributed by atoms with van der Waals surface area (Å²) in [6, 6.07) is 5.97. The number of imidazole rings is 1. The number of hydrogen-bond acceptors (Lipinski definition) is 4. The van der Waals surface area contributed by atoms with Crippen molar-refractivity contribution in [3.05, 3.63) is 42.0 Å². The normalized spacial score (nSPS) is 10.6. The first-order chi connectivity index (χ1) is 9.74. The van der Waals surface area contributed by atoms with Crippen molar-refractivity contribution in [3.8, 4) is 11.5 Å². The van der Waals surface area contributed by atoms with Crippen LogP contribution in [0.4, 0.5) is 0 Å². The fraction of sp³-hybridized carbons (Fsp3) is 0.400. The summed E-state index contributed by atoms with van der Waals surface area (Å²) in [5.41, 5.74) is 1.17. The zero-order valence-corrected chi connectivity index (χ0v) is 12.2. The molecule has 1 N–H and O–H groups in total. The van der Waals surface area contributed by atoms with Gasteiger partial charge in [-0.3, -0.25) is 0 Å². The van der Waals surface area contributed by atoms with E-state index in [0.717, 1.165) is 30.4 Å². The first-order valence-electron chi connectivity index (χ1n) is 6.66. The minimum Gasteiger partial charge on any atom is -0.493 e. The molecule has 2 rings (SSSR count). The number of aromatic nitrogens is 2. The fourth-order valence-electron chi connectivity index (χ4n) is 2.04. The molecule has 0 aliphatic heterocycles. The smallest absolute Gasteiger partial charge is 0.161 e. The Morgan fingerprint density at radius 2 is 2.15 bits per heavy atom.